The van der Waals surface area contributed by atoms with E-state index in [-0.39, 0.29) is 5.69 Å². The van der Waals surface area contributed by atoms with Gasteiger partial charge in [0.2, 0.25) is 0 Å². The first-order valence-corrected chi connectivity index (χ1v) is 4.24. The minimum atomic E-state index is -1.07. The fourth-order valence-electron chi connectivity index (χ4n) is 1.35. The number of aromatic nitrogens is 5. The van der Waals surface area contributed by atoms with Gasteiger partial charge in [0.25, 0.3) is 0 Å². The largest absolute Gasteiger partial charge is 0.477 e. The van der Waals surface area contributed by atoms with Crippen molar-refractivity contribution >= 4 is 5.97 Å². The topological polar surface area (TPSA) is 96.7 Å². The van der Waals surface area contributed by atoms with Crippen LogP contribution in [-0.4, -0.2) is 35.8 Å². The average molecular weight is 207 g/mol. The summed E-state index contributed by atoms with van der Waals surface area (Å²) in [6.07, 6.45) is 1.32. The van der Waals surface area contributed by atoms with Crippen molar-refractivity contribution < 1.29 is 9.90 Å². The van der Waals surface area contributed by atoms with Crippen molar-refractivity contribution in [3.63, 3.8) is 0 Å². The molecule has 0 amide bonds. The highest BCUT2D eigenvalue weighted by molar-refractivity contribution is 5.91. The number of nitrogens with one attached hydrogen (secondary N) is 1. The standard InChI is InChI=1S/C8H9N5O2/c1-4-11-7(13(2)12-4)5-6(8(14)15)10-3-9-5/h3H,1-2H3,(H,9,10)(H,14,15). The molecular formula is C8H9N5O2. The molecule has 7 nitrogen and oxygen atoms in total. The van der Waals surface area contributed by atoms with E-state index in [1.54, 1.807) is 14.0 Å². The Labute approximate surface area is 84.8 Å². The molecule has 2 aromatic heterocycles. The lowest BCUT2D eigenvalue weighted by Crippen LogP contribution is -2.02. The molecule has 2 N–H and O–H groups in total. The van der Waals surface area contributed by atoms with Gasteiger partial charge in [0.15, 0.2) is 11.5 Å². The third-order valence-corrected chi connectivity index (χ3v) is 1.93. The maximum absolute atomic E-state index is 10.8. The van der Waals surface area contributed by atoms with Crippen LogP contribution in [0.25, 0.3) is 11.5 Å². The molecule has 0 aliphatic heterocycles. The van der Waals surface area contributed by atoms with Gasteiger partial charge in [-0.1, -0.05) is 0 Å². The number of carboxylic acid groups (broad SMARTS) is 1. The Balaban J connectivity index is 2.58. The average Bonchev–Trinajstić information content (AvgIpc) is 2.71. The summed E-state index contributed by atoms with van der Waals surface area (Å²) in [5.41, 5.74) is 0.316. The molecule has 0 unspecified atom stereocenters. The summed E-state index contributed by atoms with van der Waals surface area (Å²) in [6.45, 7) is 1.73. The number of rotatable bonds is 2. The van der Waals surface area contributed by atoms with Crippen molar-refractivity contribution in [2.45, 2.75) is 6.92 Å². The second-order valence-electron chi connectivity index (χ2n) is 3.04. The van der Waals surface area contributed by atoms with Gasteiger partial charge in [-0.05, 0) is 6.92 Å². The molecule has 7 heteroatoms. The molecule has 0 fully saturated rings. The fraction of sp³-hybridized carbons (Fsp3) is 0.250. The summed E-state index contributed by atoms with van der Waals surface area (Å²) in [7, 11) is 1.69. The molecule has 15 heavy (non-hydrogen) atoms. The van der Waals surface area contributed by atoms with Crippen LogP contribution in [0, 0.1) is 6.92 Å². The lowest BCUT2D eigenvalue weighted by molar-refractivity contribution is 0.0692. The van der Waals surface area contributed by atoms with Crippen LogP contribution in [0.3, 0.4) is 0 Å². The molecule has 0 bridgehead atoms. The number of carbonyl (C=O) groups is 1. The van der Waals surface area contributed by atoms with Crippen molar-refractivity contribution in [1.82, 2.24) is 24.7 Å². The molecule has 0 saturated carbocycles. The Hall–Kier alpha value is -2.18. The molecule has 0 spiro atoms. The van der Waals surface area contributed by atoms with E-state index in [2.05, 4.69) is 20.1 Å². The number of nitrogens with zero attached hydrogens (tertiary/aromatic N) is 4. The monoisotopic (exact) mass is 207 g/mol. The highest BCUT2D eigenvalue weighted by atomic mass is 16.4. The van der Waals surface area contributed by atoms with E-state index in [1.807, 2.05) is 0 Å². The van der Waals surface area contributed by atoms with Crippen LogP contribution in [0.2, 0.25) is 0 Å². The van der Waals surface area contributed by atoms with Crippen LogP contribution in [-0.2, 0) is 7.05 Å². The van der Waals surface area contributed by atoms with Crippen molar-refractivity contribution in [3.8, 4) is 11.5 Å². The number of aryl methyl sites for hydroxylation is 2. The van der Waals surface area contributed by atoms with Crippen molar-refractivity contribution in [2.24, 2.45) is 7.05 Å². The van der Waals surface area contributed by atoms with Gasteiger partial charge in [0.05, 0.1) is 6.33 Å². The number of carboxylic acids is 1. The first-order chi connectivity index (χ1) is 7.09. The van der Waals surface area contributed by atoms with Gasteiger partial charge < -0.3 is 10.1 Å². The van der Waals surface area contributed by atoms with Crippen LogP contribution in [0.5, 0.6) is 0 Å². The zero-order chi connectivity index (χ0) is 11.0. The third kappa shape index (κ3) is 1.47. The first kappa shape index (κ1) is 9.38. The summed E-state index contributed by atoms with van der Waals surface area (Å²) in [5, 5.41) is 12.9. The van der Waals surface area contributed by atoms with E-state index in [0.29, 0.717) is 17.3 Å². The molecule has 2 aromatic rings. The predicted molar refractivity (Wildman–Crippen MR) is 50.3 cm³/mol. The second-order valence-corrected chi connectivity index (χ2v) is 3.04. The van der Waals surface area contributed by atoms with E-state index in [9.17, 15) is 4.79 Å². The summed E-state index contributed by atoms with van der Waals surface area (Å²) < 4.78 is 1.50. The van der Waals surface area contributed by atoms with Crippen LogP contribution in [0.15, 0.2) is 6.33 Å². The number of H-pyrrole nitrogens is 1. The van der Waals surface area contributed by atoms with Crippen LogP contribution in [0.4, 0.5) is 0 Å². The van der Waals surface area contributed by atoms with E-state index in [4.69, 9.17) is 5.11 Å². The van der Waals surface area contributed by atoms with Gasteiger partial charge >= 0.3 is 5.97 Å². The molecule has 2 rings (SSSR count). The van der Waals surface area contributed by atoms with Crippen LogP contribution in [0.1, 0.15) is 16.3 Å². The van der Waals surface area contributed by atoms with E-state index < -0.39 is 5.97 Å². The van der Waals surface area contributed by atoms with Gasteiger partial charge in [0.1, 0.15) is 11.5 Å². The maximum atomic E-state index is 10.8. The Morgan fingerprint density at radius 1 is 1.60 bits per heavy atom. The smallest absolute Gasteiger partial charge is 0.354 e. The Bertz CT molecular complexity index is 513. The SMILES string of the molecule is Cc1nc(-c2nc[nH]c2C(=O)O)n(C)n1. The van der Waals surface area contributed by atoms with Crippen LogP contribution >= 0.6 is 0 Å². The Kier molecular flexibility index (Phi) is 2.00. The molecule has 0 radical (unpaired) electrons. The number of imidazole rings is 1. The quantitative estimate of drug-likeness (QED) is 0.733. The maximum Gasteiger partial charge on any atom is 0.354 e. The molecule has 0 aliphatic carbocycles. The second kappa shape index (κ2) is 3.19. The number of aromatic carboxylic acids is 1. The zero-order valence-electron chi connectivity index (χ0n) is 8.22. The Morgan fingerprint density at radius 2 is 2.33 bits per heavy atom. The van der Waals surface area contributed by atoms with Gasteiger partial charge in [0, 0.05) is 7.05 Å². The van der Waals surface area contributed by atoms with Gasteiger partial charge in [-0.25, -0.2) is 19.4 Å². The molecular weight excluding hydrogens is 198 g/mol. The van der Waals surface area contributed by atoms with Crippen LogP contribution < -0.4 is 0 Å². The lowest BCUT2D eigenvalue weighted by Gasteiger charge is -1.96. The van der Waals surface area contributed by atoms with Gasteiger partial charge in [-0.3, -0.25) is 0 Å². The lowest BCUT2D eigenvalue weighted by atomic mass is 10.3. The third-order valence-electron chi connectivity index (χ3n) is 1.93. The van der Waals surface area contributed by atoms with E-state index in [0.717, 1.165) is 0 Å². The molecule has 0 atom stereocenters. The first-order valence-electron chi connectivity index (χ1n) is 4.24. The molecule has 0 saturated heterocycles. The van der Waals surface area contributed by atoms with Crippen molar-refractivity contribution in [2.75, 3.05) is 0 Å². The molecule has 0 aromatic carbocycles. The van der Waals surface area contributed by atoms with Crippen molar-refractivity contribution in [1.29, 1.82) is 0 Å². The Morgan fingerprint density at radius 3 is 2.87 bits per heavy atom. The normalized spacial score (nSPS) is 10.5. The van der Waals surface area contributed by atoms with E-state index >= 15 is 0 Å². The number of hydrogen-bond donors (Lipinski definition) is 2. The fourth-order valence-corrected chi connectivity index (χ4v) is 1.35. The molecule has 0 aliphatic rings. The van der Waals surface area contributed by atoms with Gasteiger partial charge in [-0.15, -0.1) is 0 Å². The minimum absolute atomic E-state index is 0.0190. The molecule has 78 valence electrons. The van der Waals surface area contributed by atoms with Gasteiger partial charge in [-0.2, -0.15) is 5.10 Å². The summed E-state index contributed by atoms with van der Waals surface area (Å²) in [6, 6.07) is 0. The summed E-state index contributed by atoms with van der Waals surface area (Å²) in [5.74, 6) is -0.0545. The zero-order valence-corrected chi connectivity index (χ0v) is 8.22. The molecule has 2 heterocycles. The summed E-state index contributed by atoms with van der Waals surface area (Å²) in [4.78, 5) is 21.4. The van der Waals surface area contributed by atoms with E-state index in [1.165, 1.54) is 11.0 Å². The minimum Gasteiger partial charge on any atom is -0.477 e. The highest BCUT2D eigenvalue weighted by Gasteiger charge is 2.18. The number of hydrogen-bond acceptors (Lipinski definition) is 4. The van der Waals surface area contributed by atoms with Crippen molar-refractivity contribution in [3.05, 3.63) is 17.8 Å². The predicted octanol–water partition coefficient (Wildman–Crippen LogP) is 0.212. The summed E-state index contributed by atoms with van der Waals surface area (Å²) >= 11 is 0. The number of aromatic amines is 1. The highest BCUT2D eigenvalue weighted by Crippen LogP contribution is 2.17.